The van der Waals surface area contributed by atoms with Gasteiger partial charge >= 0.3 is 0 Å². The molecule has 0 saturated carbocycles. The number of nitrogens with two attached hydrogens (primary N) is 1. The molecule has 2 heterocycles. The van der Waals surface area contributed by atoms with Crippen LogP contribution in [-0.2, 0) is 6.54 Å². The summed E-state index contributed by atoms with van der Waals surface area (Å²) in [5.41, 5.74) is 8.50. The van der Waals surface area contributed by atoms with Gasteiger partial charge in [-0.3, -0.25) is 4.98 Å². The average Bonchev–Trinajstić information content (AvgIpc) is 2.46. The Labute approximate surface area is 118 Å². The van der Waals surface area contributed by atoms with Crippen LogP contribution >= 0.6 is 0 Å². The molecule has 2 aromatic heterocycles. The van der Waals surface area contributed by atoms with Crippen molar-refractivity contribution < 1.29 is 4.74 Å². The van der Waals surface area contributed by atoms with Crippen molar-refractivity contribution in [3.05, 3.63) is 35.9 Å². The van der Waals surface area contributed by atoms with E-state index in [9.17, 15) is 0 Å². The van der Waals surface area contributed by atoms with Crippen molar-refractivity contribution in [3.63, 3.8) is 0 Å². The quantitative estimate of drug-likeness (QED) is 0.838. The van der Waals surface area contributed by atoms with E-state index >= 15 is 0 Å². The molecule has 0 aliphatic rings. The standard InChI is InChI=1S/C14H19N5O/c1-3-7-20-14-12(15)13(18-9-19-14)17-8-11-10(2)5-4-6-16-11/h4-6,9H,3,7-8,15H2,1-2H3,(H,17,18,19). The third-order valence-electron chi connectivity index (χ3n) is 2.83. The van der Waals surface area contributed by atoms with E-state index in [4.69, 9.17) is 10.5 Å². The SMILES string of the molecule is CCCOc1ncnc(NCc2ncccc2C)c1N. The third-order valence-corrected chi connectivity index (χ3v) is 2.83. The van der Waals surface area contributed by atoms with E-state index in [-0.39, 0.29) is 0 Å². The maximum Gasteiger partial charge on any atom is 0.242 e. The first-order chi connectivity index (χ1) is 9.72. The molecule has 20 heavy (non-hydrogen) atoms. The first kappa shape index (κ1) is 14.0. The Hall–Kier alpha value is -2.37. The highest BCUT2D eigenvalue weighted by Crippen LogP contribution is 2.25. The van der Waals surface area contributed by atoms with Crippen molar-refractivity contribution in [1.82, 2.24) is 15.0 Å². The molecule has 0 saturated heterocycles. The largest absolute Gasteiger partial charge is 0.476 e. The number of rotatable bonds is 6. The highest BCUT2D eigenvalue weighted by atomic mass is 16.5. The fourth-order valence-corrected chi connectivity index (χ4v) is 1.70. The minimum atomic E-state index is 0.419. The summed E-state index contributed by atoms with van der Waals surface area (Å²) in [5, 5.41) is 3.17. The zero-order chi connectivity index (χ0) is 14.4. The van der Waals surface area contributed by atoms with Gasteiger partial charge in [0.25, 0.3) is 0 Å². The number of pyridine rings is 1. The van der Waals surface area contributed by atoms with E-state index < -0.39 is 0 Å². The molecule has 0 amide bonds. The van der Waals surface area contributed by atoms with Crippen LogP contribution in [0.15, 0.2) is 24.7 Å². The smallest absolute Gasteiger partial charge is 0.242 e. The Morgan fingerprint density at radius 2 is 2.15 bits per heavy atom. The molecule has 0 radical (unpaired) electrons. The van der Waals surface area contributed by atoms with Gasteiger partial charge in [-0.15, -0.1) is 0 Å². The lowest BCUT2D eigenvalue weighted by atomic mass is 10.2. The zero-order valence-corrected chi connectivity index (χ0v) is 11.8. The molecular formula is C14H19N5O. The molecular weight excluding hydrogens is 254 g/mol. The predicted molar refractivity (Wildman–Crippen MR) is 78.5 cm³/mol. The third kappa shape index (κ3) is 3.34. The van der Waals surface area contributed by atoms with Crippen LogP contribution in [0.5, 0.6) is 5.88 Å². The molecule has 6 nitrogen and oxygen atoms in total. The lowest BCUT2D eigenvalue weighted by Gasteiger charge is -2.12. The lowest BCUT2D eigenvalue weighted by Crippen LogP contribution is -2.09. The summed E-state index contributed by atoms with van der Waals surface area (Å²) in [7, 11) is 0. The van der Waals surface area contributed by atoms with E-state index in [1.54, 1.807) is 6.20 Å². The van der Waals surface area contributed by atoms with Crippen LogP contribution in [0.3, 0.4) is 0 Å². The van der Waals surface area contributed by atoms with Crippen molar-refractivity contribution in [2.24, 2.45) is 0 Å². The van der Waals surface area contributed by atoms with Crippen molar-refractivity contribution >= 4 is 11.5 Å². The summed E-state index contributed by atoms with van der Waals surface area (Å²) in [6.45, 7) is 5.19. The average molecular weight is 273 g/mol. The van der Waals surface area contributed by atoms with Crippen LogP contribution in [0.1, 0.15) is 24.6 Å². The maximum absolute atomic E-state index is 5.99. The Morgan fingerprint density at radius 3 is 2.90 bits per heavy atom. The van der Waals surface area contributed by atoms with Crippen LogP contribution in [0.4, 0.5) is 11.5 Å². The number of aromatic nitrogens is 3. The number of anilines is 2. The summed E-state index contributed by atoms with van der Waals surface area (Å²) < 4.78 is 5.47. The number of nitrogens with zero attached hydrogens (tertiary/aromatic N) is 3. The second kappa shape index (κ2) is 6.70. The topological polar surface area (TPSA) is 86.0 Å². The number of nitrogens with one attached hydrogen (secondary N) is 1. The Morgan fingerprint density at radius 1 is 1.30 bits per heavy atom. The lowest BCUT2D eigenvalue weighted by molar-refractivity contribution is 0.306. The van der Waals surface area contributed by atoms with Gasteiger partial charge in [0.15, 0.2) is 5.82 Å². The minimum Gasteiger partial charge on any atom is -0.476 e. The summed E-state index contributed by atoms with van der Waals surface area (Å²) in [6.07, 6.45) is 4.11. The molecule has 2 aromatic rings. The van der Waals surface area contributed by atoms with Crippen LogP contribution in [0.25, 0.3) is 0 Å². The number of aryl methyl sites for hydroxylation is 1. The Balaban J connectivity index is 2.08. The van der Waals surface area contributed by atoms with Crippen LogP contribution in [-0.4, -0.2) is 21.6 Å². The van der Waals surface area contributed by atoms with Gasteiger partial charge in [-0.2, -0.15) is 4.98 Å². The molecule has 6 heteroatoms. The summed E-state index contributed by atoms with van der Waals surface area (Å²) >= 11 is 0. The van der Waals surface area contributed by atoms with E-state index in [0.717, 1.165) is 17.7 Å². The Bertz CT molecular complexity index is 573. The van der Waals surface area contributed by atoms with Crippen molar-refractivity contribution in [3.8, 4) is 5.88 Å². The number of nitrogen functional groups attached to an aromatic ring is 1. The molecule has 0 fully saturated rings. The molecule has 2 rings (SSSR count). The van der Waals surface area contributed by atoms with Gasteiger partial charge in [-0.1, -0.05) is 13.0 Å². The van der Waals surface area contributed by atoms with Gasteiger partial charge in [-0.05, 0) is 25.0 Å². The normalized spacial score (nSPS) is 10.3. The fraction of sp³-hybridized carbons (Fsp3) is 0.357. The van der Waals surface area contributed by atoms with Gasteiger partial charge < -0.3 is 15.8 Å². The molecule has 0 spiro atoms. The number of hydrogen-bond acceptors (Lipinski definition) is 6. The summed E-state index contributed by atoms with van der Waals surface area (Å²) in [5.74, 6) is 0.984. The van der Waals surface area contributed by atoms with Gasteiger partial charge in [-0.25, -0.2) is 4.98 Å². The first-order valence-corrected chi connectivity index (χ1v) is 6.60. The first-order valence-electron chi connectivity index (χ1n) is 6.60. The molecule has 3 N–H and O–H groups in total. The summed E-state index contributed by atoms with van der Waals surface area (Å²) in [6, 6.07) is 3.93. The van der Waals surface area contributed by atoms with Crippen molar-refractivity contribution in [2.45, 2.75) is 26.8 Å². The highest BCUT2D eigenvalue weighted by molar-refractivity contribution is 5.66. The van der Waals surface area contributed by atoms with E-state index in [1.165, 1.54) is 6.33 Å². The van der Waals surface area contributed by atoms with Crippen molar-refractivity contribution in [2.75, 3.05) is 17.7 Å². The van der Waals surface area contributed by atoms with E-state index in [0.29, 0.717) is 30.5 Å². The zero-order valence-electron chi connectivity index (χ0n) is 11.8. The molecule has 106 valence electrons. The molecule has 0 bridgehead atoms. The second-order valence-corrected chi connectivity index (χ2v) is 4.41. The molecule has 0 aromatic carbocycles. The highest BCUT2D eigenvalue weighted by Gasteiger charge is 2.09. The second-order valence-electron chi connectivity index (χ2n) is 4.41. The Kier molecular flexibility index (Phi) is 4.70. The minimum absolute atomic E-state index is 0.419. The molecule has 0 aliphatic carbocycles. The van der Waals surface area contributed by atoms with Crippen molar-refractivity contribution in [1.29, 1.82) is 0 Å². The summed E-state index contributed by atoms with van der Waals surface area (Å²) in [4.78, 5) is 12.5. The van der Waals surface area contributed by atoms with Crippen LogP contribution in [0.2, 0.25) is 0 Å². The fourth-order valence-electron chi connectivity index (χ4n) is 1.70. The molecule has 0 unspecified atom stereocenters. The van der Waals surface area contributed by atoms with Crippen LogP contribution < -0.4 is 15.8 Å². The van der Waals surface area contributed by atoms with Gasteiger partial charge in [0.05, 0.1) is 18.8 Å². The van der Waals surface area contributed by atoms with E-state index in [2.05, 4.69) is 20.3 Å². The number of ether oxygens (including phenoxy) is 1. The van der Waals surface area contributed by atoms with Gasteiger partial charge in [0, 0.05) is 6.20 Å². The van der Waals surface area contributed by atoms with Crippen LogP contribution in [0, 0.1) is 6.92 Å². The number of hydrogen-bond donors (Lipinski definition) is 2. The molecule has 0 aliphatic heterocycles. The van der Waals surface area contributed by atoms with Gasteiger partial charge in [0.2, 0.25) is 5.88 Å². The van der Waals surface area contributed by atoms with Gasteiger partial charge in [0.1, 0.15) is 12.0 Å². The maximum atomic E-state index is 5.99. The molecule has 0 atom stereocenters. The monoisotopic (exact) mass is 273 g/mol. The van der Waals surface area contributed by atoms with E-state index in [1.807, 2.05) is 26.0 Å². The predicted octanol–water partition coefficient (Wildman–Crippen LogP) is 2.16.